The Morgan fingerprint density at radius 2 is 1.86 bits per heavy atom. The normalized spacial score (nSPS) is 11.5. The van der Waals surface area contributed by atoms with Crippen LogP contribution in [0.5, 0.6) is 0 Å². The third-order valence-electron chi connectivity index (χ3n) is 4.19. The molecular formula is C21H19FN4O3. The lowest BCUT2D eigenvalue weighted by molar-refractivity contribution is -0.122. The zero-order valence-corrected chi connectivity index (χ0v) is 15.6. The van der Waals surface area contributed by atoms with Gasteiger partial charge in [0.2, 0.25) is 5.91 Å². The van der Waals surface area contributed by atoms with Crippen molar-refractivity contribution in [1.82, 2.24) is 14.9 Å². The van der Waals surface area contributed by atoms with Crippen LogP contribution in [0.15, 0.2) is 71.8 Å². The predicted molar refractivity (Wildman–Crippen MR) is 106 cm³/mol. The maximum absolute atomic E-state index is 13.0. The van der Waals surface area contributed by atoms with Gasteiger partial charge in [-0.05, 0) is 55.5 Å². The Kier molecular flexibility index (Phi) is 6.13. The van der Waals surface area contributed by atoms with Crippen LogP contribution in [-0.2, 0) is 11.3 Å². The fraction of sp³-hybridized carbons (Fsp3) is 0.143. The molecule has 0 bridgehead atoms. The fourth-order valence-corrected chi connectivity index (χ4v) is 2.71. The molecule has 2 amide bonds. The summed E-state index contributed by atoms with van der Waals surface area (Å²) in [6.07, 6.45) is 3.06. The zero-order chi connectivity index (χ0) is 20.8. The predicted octanol–water partition coefficient (Wildman–Crippen LogP) is 2.51. The minimum atomic E-state index is -0.641. The smallest absolute Gasteiger partial charge is 0.263 e. The van der Waals surface area contributed by atoms with Gasteiger partial charge in [0.15, 0.2) is 0 Å². The molecule has 0 saturated carbocycles. The van der Waals surface area contributed by atoms with E-state index in [0.29, 0.717) is 11.4 Å². The first kappa shape index (κ1) is 19.9. The number of carbonyl (C=O) groups excluding carboxylic acids is 2. The molecule has 8 heteroatoms. The highest BCUT2D eigenvalue weighted by Gasteiger charge is 2.15. The number of nitrogens with one attached hydrogen (secondary N) is 2. The maximum atomic E-state index is 13.0. The van der Waals surface area contributed by atoms with E-state index in [1.807, 2.05) is 6.07 Å². The number of carbonyl (C=O) groups is 2. The number of pyridine rings is 2. The molecule has 148 valence electrons. The van der Waals surface area contributed by atoms with Gasteiger partial charge in [0.1, 0.15) is 17.9 Å². The lowest BCUT2D eigenvalue weighted by Gasteiger charge is -2.14. The molecule has 7 nitrogen and oxygen atoms in total. The SMILES string of the molecule is C[C@@H](NC(=O)Cn1cccc(C(=O)Nc2ccc(F)cc2)c1=O)c1ccccn1. The van der Waals surface area contributed by atoms with Gasteiger partial charge >= 0.3 is 0 Å². The van der Waals surface area contributed by atoms with E-state index in [-0.39, 0.29) is 24.1 Å². The van der Waals surface area contributed by atoms with Crippen LogP contribution in [0.2, 0.25) is 0 Å². The van der Waals surface area contributed by atoms with E-state index in [4.69, 9.17) is 0 Å². The molecule has 3 rings (SSSR count). The molecule has 0 aliphatic carbocycles. The number of hydrogen-bond donors (Lipinski definition) is 2. The number of halogens is 1. The highest BCUT2D eigenvalue weighted by atomic mass is 19.1. The van der Waals surface area contributed by atoms with Gasteiger partial charge < -0.3 is 15.2 Å². The zero-order valence-electron chi connectivity index (χ0n) is 15.6. The summed E-state index contributed by atoms with van der Waals surface area (Å²) in [6, 6.07) is 13.1. The lowest BCUT2D eigenvalue weighted by Crippen LogP contribution is -2.36. The minimum absolute atomic E-state index is 0.123. The van der Waals surface area contributed by atoms with E-state index >= 15 is 0 Å². The summed E-state index contributed by atoms with van der Waals surface area (Å²) in [4.78, 5) is 41.5. The summed E-state index contributed by atoms with van der Waals surface area (Å²) in [5.41, 5.74) is 0.323. The van der Waals surface area contributed by atoms with E-state index in [2.05, 4.69) is 15.6 Å². The molecule has 2 N–H and O–H groups in total. The van der Waals surface area contributed by atoms with Crippen molar-refractivity contribution in [3.05, 3.63) is 94.4 Å². The van der Waals surface area contributed by atoms with E-state index in [0.717, 1.165) is 4.57 Å². The largest absolute Gasteiger partial charge is 0.346 e. The van der Waals surface area contributed by atoms with Crippen molar-refractivity contribution in [1.29, 1.82) is 0 Å². The summed E-state index contributed by atoms with van der Waals surface area (Å²) in [5, 5.41) is 5.30. The topological polar surface area (TPSA) is 93.1 Å². The molecule has 0 saturated heterocycles. The molecule has 2 heterocycles. The van der Waals surface area contributed by atoms with Crippen LogP contribution in [0.25, 0.3) is 0 Å². The van der Waals surface area contributed by atoms with Crippen molar-refractivity contribution in [3.63, 3.8) is 0 Å². The molecule has 0 unspecified atom stereocenters. The van der Waals surface area contributed by atoms with Gasteiger partial charge in [-0.3, -0.25) is 19.4 Å². The van der Waals surface area contributed by atoms with Crippen LogP contribution in [0.3, 0.4) is 0 Å². The molecule has 3 aromatic rings. The summed E-state index contributed by atoms with van der Waals surface area (Å²) >= 11 is 0. The van der Waals surface area contributed by atoms with Gasteiger partial charge in [0.25, 0.3) is 11.5 Å². The van der Waals surface area contributed by atoms with Gasteiger partial charge in [0.05, 0.1) is 11.7 Å². The maximum Gasteiger partial charge on any atom is 0.263 e. The number of nitrogens with zero attached hydrogens (tertiary/aromatic N) is 2. The van der Waals surface area contributed by atoms with Crippen LogP contribution in [0.1, 0.15) is 29.0 Å². The van der Waals surface area contributed by atoms with Crippen LogP contribution in [-0.4, -0.2) is 21.4 Å². The number of hydrogen-bond acceptors (Lipinski definition) is 4. The Bertz CT molecular complexity index is 1070. The van der Waals surface area contributed by atoms with Crippen molar-refractivity contribution >= 4 is 17.5 Å². The van der Waals surface area contributed by atoms with E-state index in [1.165, 1.54) is 42.6 Å². The summed E-state index contributed by atoms with van der Waals surface area (Å²) in [7, 11) is 0. The van der Waals surface area contributed by atoms with Crippen molar-refractivity contribution in [2.45, 2.75) is 19.5 Å². The number of benzene rings is 1. The van der Waals surface area contributed by atoms with E-state index in [1.54, 1.807) is 25.3 Å². The molecule has 0 radical (unpaired) electrons. The summed E-state index contributed by atoms with van der Waals surface area (Å²) in [5.74, 6) is -1.46. The van der Waals surface area contributed by atoms with E-state index < -0.39 is 17.3 Å². The molecule has 1 atom stereocenters. The second kappa shape index (κ2) is 8.92. The Labute approximate surface area is 166 Å². The van der Waals surface area contributed by atoms with Crippen LogP contribution < -0.4 is 16.2 Å². The molecule has 29 heavy (non-hydrogen) atoms. The third kappa shape index (κ3) is 5.13. The minimum Gasteiger partial charge on any atom is -0.346 e. The number of rotatable bonds is 6. The second-order valence-corrected chi connectivity index (χ2v) is 6.36. The highest BCUT2D eigenvalue weighted by Crippen LogP contribution is 2.10. The average Bonchev–Trinajstić information content (AvgIpc) is 2.71. The molecule has 2 aromatic heterocycles. The second-order valence-electron chi connectivity index (χ2n) is 6.36. The standard InChI is InChI=1S/C21H19FN4O3/c1-14(18-6-2-3-11-23-18)24-19(27)13-26-12-4-5-17(21(26)29)20(28)25-16-9-7-15(22)8-10-16/h2-12,14H,13H2,1H3,(H,24,27)(H,25,28)/t14-/m1/s1. The third-order valence-corrected chi connectivity index (χ3v) is 4.19. The van der Waals surface area contributed by atoms with Crippen LogP contribution >= 0.6 is 0 Å². The van der Waals surface area contributed by atoms with Crippen molar-refractivity contribution < 1.29 is 14.0 Å². The quantitative estimate of drug-likeness (QED) is 0.672. The summed E-state index contributed by atoms with van der Waals surface area (Å²) in [6.45, 7) is 1.54. The monoisotopic (exact) mass is 394 g/mol. The number of aromatic nitrogens is 2. The average molecular weight is 394 g/mol. The molecule has 1 aromatic carbocycles. The summed E-state index contributed by atoms with van der Waals surface area (Å²) < 4.78 is 14.1. The van der Waals surface area contributed by atoms with Crippen molar-refractivity contribution in [2.75, 3.05) is 5.32 Å². The van der Waals surface area contributed by atoms with Crippen LogP contribution in [0.4, 0.5) is 10.1 Å². The van der Waals surface area contributed by atoms with Crippen molar-refractivity contribution in [2.24, 2.45) is 0 Å². The van der Waals surface area contributed by atoms with E-state index in [9.17, 15) is 18.8 Å². The van der Waals surface area contributed by atoms with Gasteiger partial charge in [-0.2, -0.15) is 0 Å². The lowest BCUT2D eigenvalue weighted by atomic mass is 10.2. The Morgan fingerprint density at radius 1 is 1.10 bits per heavy atom. The fourth-order valence-electron chi connectivity index (χ4n) is 2.71. The van der Waals surface area contributed by atoms with Crippen molar-refractivity contribution in [3.8, 4) is 0 Å². The van der Waals surface area contributed by atoms with Gasteiger partial charge in [0, 0.05) is 18.1 Å². The molecular weight excluding hydrogens is 375 g/mol. The first-order valence-corrected chi connectivity index (χ1v) is 8.90. The number of amides is 2. The van der Waals surface area contributed by atoms with Gasteiger partial charge in [-0.25, -0.2) is 4.39 Å². The van der Waals surface area contributed by atoms with Gasteiger partial charge in [-0.15, -0.1) is 0 Å². The molecule has 0 aliphatic heterocycles. The molecule has 0 aliphatic rings. The first-order chi connectivity index (χ1) is 13.9. The highest BCUT2D eigenvalue weighted by molar-refractivity contribution is 6.04. The Balaban J connectivity index is 1.69. The Morgan fingerprint density at radius 3 is 2.55 bits per heavy atom. The Hall–Kier alpha value is -3.81. The van der Waals surface area contributed by atoms with Gasteiger partial charge in [-0.1, -0.05) is 6.07 Å². The van der Waals surface area contributed by atoms with Crippen LogP contribution in [0, 0.1) is 5.82 Å². The number of anilines is 1. The first-order valence-electron chi connectivity index (χ1n) is 8.90. The molecule has 0 spiro atoms. The molecule has 0 fully saturated rings.